The average molecular weight is 281 g/mol. The molecule has 0 atom stereocenters. The monoisotopic (exact) mass is 280 g/mol. The Kier molecular flexibility index (Phi) is 4.52. The second-order valence-corrected chi connectivity index (χ2v) is 5.29. The first-order valence-electron chi connectivity index (χ1n) is 5.33. The maximum atomic E-state index is 9.02. The second-order valence-electron chi connectivity index (χ2n) is 4.43. The molecule has 2 nitrogen and oxygen atoms in total. The molecule has 0 aromatic heterocycles. The highest BCUT2D eigenvalue weighted by molar-refractivity contribution is 9.10. The fourth-order valence-corrected chi connectivity index (χ4v) is 1.84. The summed E-state index contributed by atoms with van der Waals surface area (Å²) in [4.78, 5) is 2.08. The number of rotatable bonds is 4. The summed E-state index contributed by atoms with van der Waals surface area (Å²) in [6, 6.07) is 10.5. The Balaban J connectivity index is 2.60. The van der Waals surface area contributed by atoms with Crippen LogP contribution in [0.1, 0.15) is 19.4 Å². The van der Waals surface area contributed by atoms with E-state index in [1.807, 2.05) is 39.1 Å². The van der Waals surface area contributed by atoms with Crippen molar-refractivity contribution in [2.24, 2.45) is 0 Å². The molecule has 0 amide bonds. The number of halogens is 1. The van der Waals surface area contributed by atoms with E-state index >= 15 is 0 Å². The summed E-state index contributed by atoms with van der Waals surface area (Å²) in [5, 5.41) is 9.02. The van der Waals surface area contributed by atoms with E-state index in [9.17, 15) is 0 Å². The molecule has 0 radical (unpaired) electrons. The third-order valence-electron chi connectivity index (χ3n) is 2.90. The summed E-state index contributed by atoms with van der Waals surface area (Å²) in [5.41, 5.74) is 0.879. The molecule has 0 aliphatic heterocycles. The standard InChI is InChI=1S/C13H17BrN2/c1-13(2,10-15)16(3)9-8-11-6-4-5-7-12(11)14/h4-7H,8-9H2,1-3H3. The van der Waals surface area contributed by atoms with Gasteiger partial charge in [0.2, 0.25) is 0 Å². The summed E-state index contributed by atoms with van der Waals surface area (Å²) in [7, 11) is 1.99. The van der Waals surface area contributed by atoms with Gasteiger partial charge in [0.15, 0.2) is 0 Å². The van der Waals surface area contributed by atoms with Gasteiger partial charge in [-0.1, -0.05) is 34.1 Å². The first kappa shape index (κ1) is 13.2. The van der Waals surface area contributed by atoms with Crippen molar-refractivity contribution >= 4 is 15.9 Å². The summed E-state index contributed by atoms with van der Waals surface area (Å²) in [6.45, 7) is 4.75. The van der Waals surface area contributed by atoms with Gasteiger partial charge in [-0.25, -0.2) is 0 Å². The van der Waals surface area contributed by atoms with Crippen LogP contribution < -0.4 is 0 Å². The van der Waals surface area contributed by atoms with Gasteiger partial charge in [0.1, 0.15) is 5.54 Å². The van der Waals surface area contributed by atoms with E-state index in [4.69, 9.17) is 5.26 Å². The van der Waals surface area contributed by atoms with E-state index in [1.165, 1.54) is 5.56 Å². The van der Waals surface area contributed by atoms with Crippen molar-refractivity contribution in [2.45, 2.75) is 25.8 Å². The number of nitrogens with zero attached hydrogens (tertiary/aromatic N) is 2. The van der Waals surface area contributed by atoms with Crippen LogP contribution in [-0.2, 0) is 6.42 Å². The molecule has 0 saturated carbocycles. The van der Waals surface area contributed by atoms with Crippen LogP contribution in [0.15, 0.2) is 28.7 Å². The molecule has 3 heteroatoms. The van der Waals surface area contributed by atoms with Gasteiger partial charge in [0, 0.05) is 11.0 Å². The highest BCUT2D eigenvalue weighted by Crippen LogP contribution is 2.18. The minimum absolute atomic E-state index is 0.402. The topological polar surface area (TPSA) is 27.0 Å². The van der Waals surface area contributed by atoms with Crippen LogP contribution in [0.3, 0.4) is 0 Å². The number of likely N-dealkylation sites (N-methyl/N-ethyl adjacent to an activating group) is 1. The number of nitriles is 1. The van der Waals surface area contributed by atoms with Gasteiger partial charge in [-0.15, -0.1) is 0 Å². The first-order valence-corrected chi connectivity index (χ1v) is 6.12. The Labute approximate surface area is 106 Å². The van der Waals surface area contributed by atoms with Crippen molar-refractivity contribution in [1.82, 2.24) is 4.90 Å². The summed E-state index contributed by atoms with van der Waals surface area (Å²) >= 11 is 3.53. The molecule has 0 saturated heterocycles. The lowest BCUT2D eigenvalue weighted by Gasteiger charge is -2.28. The van der Waals surface area contributed by atoms with E-state index in [2.05, 4.69) is 33.0 Å². The first-order chi connectivity index (χ1) is 7.47. The Hall–Kier alpha value is -0.850. The fourth-order valence-electron chi connectivity index (χ4n) is 1.35. The molecule has 0 N–H and O–H groups in total. The van der Waals surface area contributed by atoms with Crippen LogP contribution >= 0.6 is 15.9 Å². The number of hydrogen-bond acceptors (Lipinski definition) is 2. The molecular formula is C13H17BrN2. The van der Waals surface area contributed by atoms with Crippen molar-refractivity contribution in [1.29, 1.82) is 5.26 Å². The Morgan fingerprint density at radius 2 is 2.00 bits per heavy atom. The molecule has 0 spiro atoms. The van der Waals surface area contributed by atoms with Crippen molar-refractivity contribution in [3.63, 3.8) is 0 Å². The van der Waals surface area contributed by atoms with Crippen LogP contribution in [0.25, 0.3) is 0 Å². The smallest absolute Gasteiger partial charge is 0.103 e. The van der Waals surface area contributed by atoms with Gasteiger partial charge < -0.3 is 0 Å². The molecular weight excluding hydrogens is 264 g/mol. The normalized spacial score (nSPS) is 11.5. The lowest BCUT2D eigenvalue weighted by Crippen LogP contribution is -2.40. The number of benzene rings is 1. The minimum Gasteiger partial charge on any atom is -0.289 e. The molecule has 1 aromatic rings. The molecule has 0 unspecified atom stereocenters. The Morgan fingerprint density at radius 3 is 2.56 bits per heavy atom. The highest BCUT2D eigenvalue weighted by atomic mass is 79.9. The van der Waals surface area contributed by atoms with Crippen molar-refractivity contribution in [3.8, 4) is 6.07 Å². The fraction of sp³-hybridized carbons (Fsp3) is 0.462. The summed E-state index contributed by atoms with van der Waals surface area (Å²) in [6.07, 6.45) is 0.947. The molecule has 0 aliphatic rings. The van der Waals surface area contributed by atoms with E-state index in [0.717, 1.165) is 17.4 Å². The van der Waals surface area contributed by atoms with Crippen molar-refractivity contribution in [2.75, 3.05) is 13.6 Å². The third kappa shape index (κ3) is 3.33. The average Bonchev–Trinajstić information content (AvgIpc) is 2.27. The minimum atomic E-state index is -0.402. The summed E-state index contributed by atoms with van der Waals surface area (Å²) < 4.78 is 1.14. The van der Waals surface area contributed by atoms with Gasteiger partial charge in [-0.3, -0.25) is 4.90 Å². The Bertz CT molecular complexity index is 393. The van der Waals surface area contributed by atoms with Gasteiger partial charge in [0.05, 0.1) is 6.07 Å². The predicted molar refractivity (Wildman–Crippen MR) is 70.2 cm³/mol. The van der Waals surface area contributed by atoms with E-state index in [0.29, 0.717) is 0 Å². The van der Waals surface area contributed by atoms with Gasteiger partial charge in [-0.2, -0.15) is 5.26 Å². The maximum absolute atomic E-state index is 9.02. The van der Waals surface area contributed by atoms with Crippen molar-refractivity contribution in [3.05, 3.63) is 34.3 Å². The van der Waals surface area contributed by atoms with Gasteiger partial charge in [0.25, 0.3) is 0 Å². The lowest BCUT2D eigenvalue weighted by molar-refractivity contribution is 0.214. The van der Waals surface area contributed by atoms with E-state index in [-0.39, 0.29) is 0 Å². The SMILES string of the molecule is CN(CCc1ccccc1Br)C(C)(C)C#N. The zero-order chi connectivity index (χ0) is 12.2. The molecule has 1 aromatic carbocycles. The predicted octanol–water partition coefficient (Wildman–Crippen LogP) is 3.23. The second kappa shape index (κ2) is 5.47. The highest BCUT2D eigenvalue weighted by Gasteiger charge is 2.22. The van der Waals surface area contributed by atoms with Gasteiger partial charge in [-0.05, 0) is 38.9 Å². The van der Waals surface area contributed by atoms with Crippen LogP contribution in [0, 0.1) is 11.3 Å². The molecule has 1 rings (SSSR count). The Morgan fingerprint density at radius 1 is 1.38 bits per heavy atom. The zero-order valence-electron chi connectivity index (χ0n) is 10.00. The third-order valence-corrected chi connectivity index (χ3v) is 3.68. The van der Waals surface area contributed by atoms with E-state index in [1.54, 1.807) is 0 Å². The maximum Gasteiger partial charge on any atom is 0.103 e. The molecule has 0 aliphatic carbocycles. The number of hydrogen-bond donors (Lipinski definition) is 0. The van der Waals surface area contributed by atoms with Crippen LogP contribution in [0.2, 0.25) is 0 Å². The lowest BCUT2D eigenvalue weighted by atomic mass is 10.0. The summed E-state index contributed by atoms with van der Waals surface area (Å²) in [5.74, 6) is 0. The van der Waals surface area contributed by atoms with Crippen LogP contribution in [0.5, 0.6) is 0 Å². The van der Waals surface area contributed by atoms with Crippen LogP contribution in [-0.4, -0.2) is 24.0 Å². The van der Waals surface area contributed by atoms with Crippen LogP contribution in [0.4, 0.5) is 0 Å². The van der Waals surface area contributed by atoms with Crippen molar-refractivity contribution < 1.29 is 0 Å². The largest absolute Gasteiger partial charge is 0.289 e. The molecule has 0 heterocycles. The zero-order valence-corrected chi connectivity index (χ0v) is 11.6. The molecule has 16 heavy (non-hydrogen) atoms. The van der Waals surface area contributed by atoms with E-state index < -0.39 is 5.54 Å². The molecule has 86 valence electrons. The molecule has 0 fully saturated rings. The molecule has 0 bridgehead atoms. The quantitative estimate of drug-likeness (QED) is 0.847. The van der Waals surface area contributed by atoms with Gasteiger partial charge >= 0.3 is 0 Å².